The van der Waals surface area contributed by atoms with Crippen LogP contribution in [0.2, 0.25) is 0 Å². The van der Waals surface area contributed by atoms with Crippen molar-refractivity contribution < 1.29 is 30.0 Å². The van der Waals surface area contributed by atoms with Crippen molar-refractivity contribution in [2.45, 2.75) is 13.8 Å². The summed E-state index contributed by atoms with van der Waals surface area (Å²) in [5.41, 5.74) is 0. The molecule has 1 aliphatic heterocycles. The molecule has 1 saturated heterocycles. The number of aliphatic carboxylic acids is 2. The van der Waals surface area contributed by atoms with Gasteiger partial charge in [-0.05, 0) is 13.8 Å². The van der Waals surface area contributed by atoms with E-state index in [4.69, 9.17) is 24.5 Å². The Balaban J connectivity index is -0.0000000660. The summed E-state index contributed by atoms with van der Waals surface area (Å²) in [4.78, 5) is 17.8. The van der Waals surface area contributed by atoms with Crippen molar-refractivity contribution in [3.63, 3.8) is 0 Å². The third kappa shape index (κ3) is 69.0. The fourth-order valence-corrected chi connectivity index (χ4v) is 0.516. The first kappa shape index (κ1) is 24.7. The molecule has 1 aliphatic rings. The second-order valence-electron chi connectivity index (χ2n) is 2.35. The van der Waals surface area contributed by atoms with Crippen LogP contribution < -0.4 is 15.5 Å². The number of morpholine rings is 1. The Morgan fingerprint density at radius 1 is 1.06 bits per heavy atom. The van der Waals surface area contributed by atoms with Crippen LogP contribution in [0.15, 0.2) is 0 Å². The van der Waals surface area contributed by atoms with E-state index in [0.29, 0.717) is 0 Å². The first-order valence-corrected chi connectivity index (χ1v) is 4.10. The maximum absolute atomic E-state index is 8.89. The minimum absolute atomic E-state index is 0. The molecule has 0 aliphatic carbocycles. The first-order valence-electron chi connectivity index (χ1n) is 4.10. The number of rotatable bonds is 0. The normalized spacial score (nSPS) is 12.1. The minimum atomic E-state index is -1.08. The van der Waals surface area contributed by atoms with Crippen molar-refractivity contribution in [1.82, 2.24) is 5.32 Å². The average Bonchev–Trinajstić information content (AvgIpc) is 2.05. The van der Waals surface area contributed by atoms with Gasteiger partial charge < -0.3 is 35.3 Å². The molecule has 0 aromatic heterocycles. The predicted molar refractivity (Wildman–Crippen MR) is 54.4 cm³/mol. The van der Waals surface area contributed by atoms with Gasteiger partial charge in [-0.1, -0.05) is 0 Å². The summed E-state index contributed by atoms with van der Waals surface area (Å²) in [5, 5.41) is 20.9. The van der Waals surface area contributed by atoms with Crippen LogP contribution in [0.4, 0.5) is 0 Å². The van der Waals surface area contributed by atoms with Crippen molar-refractivity contribution in [3.05, 3.63) is 0 Å². The number of hydrogen-bond acceptors (Lipinski definition) is 6. The van der Waals surface area contributed by atoms with Crippen LogP contribution in [0.1, 0.15) is 13.8 Å². The molecule has 1 rings (SSSR count). The van der Waals surface area contributed by atoms with Crippen molar-refractivity contribution in [3.8, 4) is 0 Å². The Morgan fingerprint density at radius 3 is 1.38 bits per heavy atom. The molecule has 92 valence electrons. The van der Waals surface area contributed by atoms with Gasteiger partial charge in [0, 0.05) is 25.0 Å². The third-order valence-electron chi connectivity index (χ3n) is 0.846. The van der Waals surface area contributed by atoms with Crippen LogP contribution in [0, 0.1) is 0 Å². The summed E-state index contributed by atoms with van der Waals surface area (Å²) in [5.74, 6) is -2.17. The number of ether oxygens (including phenoxy) is 1. The second kappa shape index (κ2) is 20.1. The van der Waals surface area contributed by atoms with Gasteiger partial charge in [-0.25, -0.2) is 0 Å². The van der Waals surface area contributed by atoms with E-state index >= 15 is 0 Å². The summed E-state index contributed by atoms with van der Waals surface area (Å²) in [6, 6.07) is 0. The summed E-state index contributed by atoms with van der Waals surface area (Å²) in [7, 11) is 0. The molecule has 1 heterocycles. The zero-order valence-corrected chi connectivity index (χ0v) is 11.0. The standard InChI is InChI=1S/C4H9NO.2C2H4O2.Mg.H2O/c1-3-6-4-2-5-1;2*1-2(3)4;;/h5H,1-4H2;2*1H3,(H,3,4);;1H2/q;;;+2;/p-2. The molecule has 0 radical (unpaired) electrons. The Morgan fingerprint density at radius 2 is 1.31 bits per heavy atom. The fraction of sp³-hybridized carbons (Fsp3) is 0.750. The van der Waals surface area contributed by atoms with Gasteiger partial charge in [0.15, 0.2) is 0 Å². The first-order chi connectivity index (χ1) is 6.46. The van der Waals surface area contributed by atoms with E-state index in [1.54, 1.807) is 0 Å². The van der Waals surface area contributed by atoms with E-state index in [1.807, 2.05) is 0 Å². The van der Waals surface area contributed by atoms with Crippen molar-refractivity contribution in [2.24, 2.45) is 0 Å². The van der Waals surface area contributed by atoms with Crippen molar-refractivity contribution in [2.75, 3.05) is 26.3 Å². The minimum Gasteiger partial charge on any atom is -0.550 e. The van der Waals surface area contributed by atoms with Gasteiger partial charge in [0.2, 0.25) is 0 Å². The van der Waals surface area contributed by atoms with Gasteiger partial charge in [-0.2, -0.15) is 0 Å². The SMILES string of the molecule is C1COCCN1.CC(=O)[O-].CC(=O)[O-].O.[Mg+2]. The Bertz CT molecular complexity index is 131. The number of carboxylic acid groups (broad SMARTS) is 2. The van der Waals surface area contributed by atoms with E-state index in [2.05, 4.69) is 5.32 Å². The molecule has 1 fully saturated rings. The van der Waals surface area contributed by atoms with Gasteiger partial charge in [0.25, 0.3) is 0 Å². The largest absolute Gasteiger partial charge is 2.00 e. The maximum Gasteiger partial charge on any atom is 2.00 e. The molecule has 0 atom stereocenters. The van der Waals surface area contributed by atoms with Gasteiger partial charge >= 0.3 is 23.1 Å². The number of nitrogens with one attached hydrogen (secondary N) is 1. The van der Waals surface area contributed by atoms with Crippen LogP contribution in [0.25, 0.3) is 0 Å². The van der Waals surface area contributed by atoms with Crippen molar-refractivity contribution >= 4 is 35.0 Å². The van der Waals surface area contributed by atoms with E-state index in [1.165, 1.54) is 0 Å². The van der Waals surface area contributed by atoms with Crippen LogP contribution in [-0.4, -0.2) is 66.8 Å². The van der Waals surface area contributed by atoms with Crippen LogP contribution in [-0.2, 0) is 14.3 Å². The Hall–Kier alpha value is -0.414. The van der Waals surface area contributed by atoms with E-state index in [-0.39, 0.29) is 28.5 Å². The molecule has 0 saturated carbocycles. The van der Waals surface area contributed by atoms with Crippen LogP contribution in [0.3, 0.4) is 0 Å². The predicted octanol–water partition coefficient (Wildman–Crippen LogP) is -4.09. The molecule has 0 aromatic rings. The molecule has 0 unspecified atom stereocenters. The van der Waals surface area contributed by atoms with Gasteiger partial charge in [-0.15, -0.1) is 0 Å². The summed E-state index contributed by atoms with van der Waals surface area (Å²) in [6.45, 7) is 5.78. The van der Waals surface area contributed by atoms with Gasteiger partial charge in [0.05, 0.1) is 13.2 Å². The average molecular weight is 248 g/mol. The second-order valence-corrected chi connectivity index (χ2v) is 2.35. The zero-order chi connectivity index (χ0) is 11.4. The number of carbonyl (C=O) groups excluding carboxylic acids is 2. The molecule has 8 heteroatoms. The molecule has 0 aromatic carbocycles. The fourth-order valence-electron chi connectivity index (χ4n) is 0.516. The molecule has 16 heavy (non-hydrogen) atoms. The van der Waals surface area contributed by atoms with Crippen molar-refractivity contribution in [1.29, 1.82) is 0 Å². The summed E-state index contributed by atoms with van der Waals surface area (Å²) in [6.07, 6.45) is 0. The molecule has 0 spiro atoms. The number of hydrogen-bond donors (Lipinski definition) is 1. The quantitative estimate of drug-likeness (QED) is 0.433. The zero-order valence-electron chi connectivity index (χ0n) is 9.58. The van der Waals surface area contributed by atoms with Crippen LogP contribution in [0.5, 0.6) is 0 Å². The number of carbonyl (C=O) groups is 2. The smallest absolute Gasteiger partial charge is 0.550 e. The van der Waals surface area contributed by atoms with Crippen LogP contribution >= 0.6 is 0 Å². The Kier molecular flexibility index (Phi) is 31.0. The monoisotopic (exact) mass is 247 g/mol. The van der Waals surface area contributed by atoms with E-state index in [9.17, 15) is 0 Å². The molecule has 0 amide bonds. The molecule has 3 N–H and O–H groups in total. The third-order valence-corrected chi connectivity index (χ3v) is 0.846. The Labute approximate surface area is 111 Å². The van der Waals surface area contributed by atoms with Gasteiger partial charge in [0.1, 0.15) is 0 Å². The van der Waals surface area contributed by atoms with Gasteiger partial charge in [-0.3, -0.25) is 0 Å². The molecular weight excluding hydrogens is 230 g/mol. The topological polar surface area (TPSA) is 133 Å². The van der Waals surface area contributed by atoms with E-state index in [0.717, 1.165) is 40.2 Å². The molecular formula is C8H17MgNO6. The maximum atomic E-state index is 8.89. The summed E-state index contributed by atoms with van der Waals surface area (Å²) >= 11 is 0. The summed E-state index contributed by atoms with van der Waals surface area (Å²) < 4.78 is 5.01. The van der Waals surface area contributed by atoms with E-state index < -0.39 is 11.9 Å². The molecule has 7 nitrogen and oxygen atoms in total. The molecule has 0 bridgehead atoms. The number of carboxylic acids is 2.